The second kappa shape index (κ2) is 10.4. The van der Waals surface area contributed by atoms with Crippen LogP contribution in [-0.4, -0.2) is 49.6 Å². The fourth-order valence-electron chi connectivity index (χ4n) is 4.87. The molecule has 5 rings (SSSR count). The molecule has 2 N–H and O–H groups in total. The minimum absolute atomic E-state index is 0.0801. The zero-order chi connectivity index (χ0) is 23.3. The fourth-order valence-corrected chi connectivity index (χ4v) is 4.87. The molecule has 0 radical (unpaired) electrons. The van der Waals surface area contributed by atoms with Crippen LogP contribution in [0.25, 0.3) is 0 Å². The van der Waals surface area contributed by atoms with Crippen molar-refractivity contribution in [3.63, 3.8) is 0 Å². The molecule has 2 heterocycles. The summed E-state index contributed by atoms with van der Waals surface area (Å²) in [5, 5.41) is 5.83. The number of benzene rings is 2. The molecule has 2 aromatic rings. The van der Waals surface area contributed by atoms with E-state index in [4.69, 9.17) is 18.9 Å². The van der Waals surface area contributed by atoms with Gasteiger partial charge in [-0.15, -0.1) is 0 Å². The van der Waals surface area contributed by atoms with Gasteiger partial charge in [-0.2, -0.15) is 0 Å². The molecule has 8 heteroatoms. The molecule has 0 spiro atoms. The molecule has 2 aliphatic heterocycles. The first-order valence-electron chi connectivity index (χ1n) is 12.0. The first kappa shape index (κ1) is 22.7. The number of fused-ring (bicyclic) bond motifs is 1. The van der Waals surface area contributed by atoms with Crippen LogP contribution in [0.1, 0.15) is 32.1 Å². The maximum atomic E-state index is 12.6. The Hall–Kier alpha value is -3.10. The topological polar surface area (TPSA) is 95.1 Å². The van der Waals surface area contributed by atoms with Gasteiger partial charge in [-0.1, -0.05) is 37.5 Å². The van der Waals surface area contributed by atoms with Crippen LogP contribution in [0.5, 0.6) is 11.5 Å². The van der Waals surface area contributed by atoms with Gasteiger partial charge in [0.15, 0.2) is 6.10 Å². The SMILES string of the molecule is O=C(Nc1ccc(Oc2ccccc2)cc1)OC1COC2C(NC(=O)C3CCCCC3)COC12. The van der Waals surface area contributed by atoms with Gasteiger partial charge in [0.05, 0.1) is 19.3 Å². The zero-order valence-corrected chi connectivity index (χ0v) is 19.0. The van der Waals surface area contributed by atoms with Gasteiger partial charge in [0.2, 0.25) is 5.91 Å². The highest BCUT2D eigenvalue weighted by molar-refractivity contribution is 5.84. The summed E-state index contributed by atoms with van der Waals surface area (Å²) in [5.41, 5.74) is 0.589. The van der Waals surface area contributed by atoms with E-state index in [2.05, 4.69) is 10.6 Å². The summed E-state index contributed by atoms with van der Waals surface area (Å²) in [6.45, 7) is 0.598. The number of amides is 2. The number of ether oxygens (including phenoxy) is 4. The molecular weight excluding hydrogens is 436 g/mol. The molecule has 3 fully saturated rings. The number of anilines is 1. The Bertz CT molecular complexity index is 977. The lowest BCUT2D eigenvalue weighted by molar-refractivity contribution is -0.127. The van der Waals surface area contributed by atoms with Crippen LogP contribution in [0.2, 0.25) is 0 Å². The number of para-hydroxylation sites is 1. The van der Waals surface area contributed by atoms with E-state index in [-0.39, 0.29) is 36.7 Å². The third-order valence-electron chi connectivity index (χ3n) is 6.65. The third-order valence-corrected chi connectivity index (χ3v) is 6.65. The third kappa shape index (κ3) is 5.34. The lowest BCUT2D eigenvalue weighted by Gasteiger charge is -2.24. The maximum Gasteiger partial charge on any atom is 0.412 e. The molecule has 34 heavy (non-hydrogen) atoms. The molecule has 2 amide bonds. The summed E-state index contributed by atoms with van der Waals surface area (Å²) >= 11 is 0. The molecule has 3 aliphatic rings. The normalized spacial score (nSPS) is 26.5. The highest BCUT2D eigenvalue weighted by Gasteiger charge is 2.50. The van der Waals surface area contributed by atoms with E-state index in [1.165, 1.54) is 6.42 Å². The Morgan fingerprint density at radius 2 is 1.53 bits per heavy atom. The monoisotopic (exact) mass is 466 g/mol. The molecule has 180 valence electrons. The predicted molar refractivity (Wildman–Crippen MR) is 125 cm³/mol. The van der Waals surface area contributed by atoms with Gasteiger partial charge in [-0.05, 0) is 49.2 Å². The van der Waals surface area contributed by atoms with Crippen molar-refractivity contribution in [2.24, 2.45) is 5.92 Å². The van der Waals surface area contributed by atoms with E-state index in [9.17, 15) is 9.59 Å². The van der Waals surface area contributed by atoms with E-state index in [1.807, 2.05) is 30.3 Å². The van der Waals surface area contributed by atoms with E-state index >= 15 is 0 Å². The molecule has 0 aromatic heterocycles. The summed E-state index contributed by atoms with van der Waals surface area (Å²) in [6, 6.07) is 16.3. The number of hydrogen-bond acceptors (Lipinski definition) is 6. The van der Waals surface area contributed by atoms with E-state index in [0.717, 1.165) is 31.4 Å². The Morgan fingerprint density at radius 1 is 0.824 bits per heavy atom. The number of carbonyl (C=O) groups excluding carboxylic acids is 2. The Morgan fingerprint density at radius 3 is 2.29 bits per heavy atom. The number of carbonyl (C=O) groups is 2. The van der Waals surface area contributed by atoms with Crippen molar-refractivity contribution in [3.05, 3.63) is 54.6 Å². The molecule has 4 atom stereocenters. The van der Waals surface area contributed by atoms with Gasteiger partial charge < -0.3 is 24.3 Å². The summed E-state index contributed by atoms with van der Waals surface area (Å²) in [6.07, 6.45) is 3.51. The molecule has 1 saturated carbocycles. The second-order valence-electron chi connectivity index (χ2n) is 9.05. The van der Waals surface area contributed by atoms with Crippen molar-refractivity contribution in [1.82, 2.24) is 5.32 Å². The van der Waals surface area contributed by atoms with E-state index in [1.54, 1.807) is 24.3 Å². The summed E-state index contributed by atoms with van der Waals surface area (Å²) < 4.78 is 23.0. The fraction of sp³-hybridized carbons (Fsp3) is 0.462. The molecule has 8 nitrogen and oxygen atoms in total. The Balaban J connectivity index is 1.09. The van der Waals surface area contributed by atoms with Crippen LogP contribution in [0.3, 0.4) is 0 Å². The molecule has 1 aliphatic carbocycles. The average Bonchev–Trinajstić information content (AvgIpc) is 3.45. The van der Waals surface area contributed by atoms with Crippen molar-refractivity contribution in [3.8, 4) is 11.5 Å². The van der Waals surface area contributed by atoms with Crippen molar-refractivity contribution in [1.29, 1.82) is 0 Å². The quantitative estimate of drug-likeness (QED) is 0.661. The smallest absolute Gasteiger partial charge is 0.412 e. The average molecular weight is 467 g/mol. The van der Waals surface area contributed by atoms with Gasteiger partial charge in [-0.3, -0.25) is 10.1 Å². The number of hydrogen-bond donors (Lipinski definition) is 2. The van der Waals surface area contributed by atoms with Crippen molar-refractivity contribution in [2.75, 3.05) is 18.5 Å². The van der Waals surface area contributed by atoms with Crippen LogP contribution in [0.4, 0.5) is 10.5 Å². The molecular formula is C26H30N2O6. The van der Waals surface area contributed by atoms with E-state index < -0.39 is 12.2 Å². The van der Waals surface area contributed by atoms with Crippen molar-refractivity contribution < 1.29 is 28.5 Å². The van der Waals surface area contributed by atoms with Crippen LogP contribution in [0, 0.1) is 5.92 Å². The van der Waals surface area contributed by atoms with Gasteiger partial charge in [0.25, 0.3) is 0 Å². The Labute approximate surface area is 198 Å². The van der Waals surface area contributed by atoms with Gasteiger partial charge in [0, 0.05) is 11.6 Å². The standard InChI is InChI=1S/C26H30N2O6/c29-25(17-7-3-1-4-8-17)28-21-15-31-24-22(16-32-23(21)24)34-26(30)27-18-11-13-20(14-12-18)33-19-9-5-2-6-10-19/h2,5-6,9-14,17,21-24H,1,3-4,7-8,15-16H2,(H,27,30)(H,28,29). The van der Waals surface area contributed by atoms with Crippen LogP contribution in [0.15, 0.2) is 54.6 Å². The number of rotatable bonds is 6. The first-order valence-corrected chi connectivity index (χ1v) is 12.0. The predicted octanol–water partition coefficient (Wildman–Crippen LogP) is 4.26. The molecule has 0 bridgehead atoms. The van der Waals surface area contributed by atoms with Crippen molar-refractivity contribution >= 4 is 17.7 Å². The number of nitrogens with one attached hydrogen (secondary N) is 2. The van der Waals surface area contributed by atoms with Gasteiger partial charge in [-0.25, -0.2) is 4.79 Å². The summed E-state index contributed by atoms with van der Waals surface area (Å²) in [5.74, 6) is 1.57. The largest absolute Gasteiger partial charge is 0.457 e. The van der Waals surface area contributed by atoms with Crippen LogP contribution < -0.4 is 15.4 Å². The summed E-state index contributed by atoms with van der Waals surface area (Å²) in [7, 11) is 0. The highest BCUT2D eigenvalue weighted by atomic mass is 16.6. The molecule has 2 aromatic carbocycles. The lowest BCUT2D eigenvalue weighted by atomic mass is 9.88. The van der Waals surface area contributed by atoms with Crippen molar-refractivity contribution in [2.45, 2.75) is 56.5 Å². The minimum atomic E-state index is -0.579. The summed E-state index contributed by atoms with van der Waals surface area (Å²) in [4.78, 5) is 25.1. The highest BCUT2D eigenvalue weighted by Crippen LogP contribution is 2.31. The maximum absolute atomic E-state index is 12.6. The zero-order valence-electron chi connectivity index (χ0n) is 19.0. The van der Waals surface area contributed by atoms with Crippen LogP contribution in [-0.2, 0) is 19.0 Å². The van der Waals surface area contributed by atoms with Crippen LogP contribution >= 0.6 is 0 Å². The Kier molecular flexibility index (Phi) is 6.97. The minimum Gasteiger partial charge on any atom is -0.457 e. The van der Waals surface area contributed by atoms with E-state index in [0.29, 0.717) is 18.0 Å². The van der Waals surface area contributed by atoms with Gasteiger partial charge >= 0.3 is 6.09 Å². The molecule has 4 unspecified atom stereocenters. The second-order valence-corrected chi connectivity index (χ2v) is 9.05. The molecule has 2 saturated heterocycles. The lowest BCUT2D eigenvalue weighted by Crippen LogP contribution is -2.46. The van der Waals surface area contributed by atoms with Gasteiger partial charge in [0.1, 0.15) is 23.7 Å². The first-order chi connectivity index (χ1) is 16.7.